The van der Waals surface area contributed by atoms with E-state index in [9.17, 15) is 0 Å². The van der Waals surface area contributed by atoms with Crippen molar-refractivity contribution in [3.05, 3.63) is 48.8 Å². The van der Waals surface area contributed by atoms with Gasteiger partial charge >= 0.3 is 0 Å². The lowest BCUT2D eigenvalue weighted by atomic mass is 10.2. The molecule has 0 spiro atoms. The summed E-state index contributed by atoms with van der Waals surface area (Å²) in [6, 6.07) is 12.5. The molecule has 0 atom stereocenters. The molecule has 4 rings (SSSR count). The number of aromatic nitrogens is 3. The fourth-order valence-corrected chi connectivity index (χ4v) is 3.77. The fraction of sp³-hybridized carbons (Fsp3) is 0.222. The average Bonchev–Trinajstić information content (AvgIpc) is 3.14. The lowest BCUT2D eigenvalue weighted by molar-refractivity contribution is 0.646. The van der Waals surface area contributed by atoms with Crippen LogP contribution in [0.5, 0.6) is 0 Å². The van der Waals surface area contributed by atoms with Crippen molar-refractivity contribution in [2.24, 2.45) is 0 Å². The quantitative estimate of drug-likeness (QED) is 0.524. The molecule has 0 fully saturated rings. The first-order valence-corrected chi connectivity index (χ1v) is 8.48. The van der Waals surface area contributed by atoms with Gasteiger partial charge < -0.3 is 4.57 Å². The van der Waals surface area contributed by atoms with Gasteiger partial charge in [-0.3, -0.25) is 0 Å². The van der Waals surface area contributed by atoms with Crippen LogP contribution in [0.2, 0.25) is 0 Å². The summed E-state index contributed by atoms with van der Waals surface area (Å²) in [5, 5.41) is 2.27. The highest BCUT2D eigenvalue weighted by Gasteiger charge is 2.14. The highest BCUT2D eigenvalue weighted by atomic mass is 32.1. The smallest absolute Gasteiger partial charge is 0.140 e. The van der Waals surface area contributed by atoms with E-state index in [1.807, 2.05) is 18.3 Å². The van der Waals surface area contributed by atoms with Crippen molar-refractivity contribution in [3.63, 3.8) is 0 Å². The summed E-state index contributed by atoms with van der Waals surface area (Å²) >= 11 is 1.75. The Bertz CT molecular complexity index is 903. The van der Waals surface area contributed by atoms with Crippen LogP contribution in [0.1, 0.15) is 19.8 Å². The van der Waals surface area contributed by atoms with Crippen LogP contribution < -0.4 is 0 Å². The van der Waals surface area contributed by atoms with Gasteiger partial charge in [-0.25, -0.2) is 9.97 Å². The number of unbranched alkanes of at least 4 members (excludes halogenated alkanes) is 1. The number of benzene rings is 1. The molecule has 0 amide bonds. The van der Waals surface area contributed by atoms with Crippen LogP contribution in [0.25, 0.3) is 31.8 Å². The number of nitrogens with zero attached hydrogens (tertiary/aromatic N) is 3. The first-order valence-electron chi connectivity index (χ1n) is 7.66. The van der Waals surface area contributed by atoms with Gasteiger partial charge in [0.1, 0.15) is 10.7 Å². The predicted octanol–water partition coefficient (Wildman–Crippen LogP) is 5.11. The summed E-state index contributed by atoms with van der Waals surface area (Å²) < 4.78 is 3.50. The van der Waals surface area contributed by atoms with Crippen LogP contribution in [-0.4, -0.2) is 14.5 Å². The molecule has 1 aromatic carbocycles. The molecular weight excluding hydrogens is 290 g/mol. The van der Waals surface area contributed by atoms with Crippen LogP contribution in [-0.2, 0) is 6.54 Å². The molecule has 3 nitrogen and oxygen atoms in total. The summed E-state index contributed by atoms with van der Waals surface area (Å²) in [5.74, 6) is 0. The molecule has 0 aliphatic heterocycles. The van der Waals surface area contributed by atoms with Gasteiger partial charge in [-0.1, -0.05) is 25.5 Å². The van der Waals surface area contributed by atoms with Crippen molar-refractivity contribution in [3.8, 4) is 10.6 Å². The van der Waals surface area contributed by atoms with E-state index in [-0.39, 0.29) is 0 Å². The summed E-state index contributed by atoms with van der Waals surface area (Å²) in [6.07, 6.45) is 6.43. The zero-order valence-corrected chi connectivity index (χ0v) is 13.3. The van der Waals surface area contributed by atoms with Gasteiger partial charge in [0.15, 0.2) is 0 Å². The minimum atomic E-state index is 1.01. The molecule has 22 heavy (non-hydrogen) atoms. The van der Waals surface area contributed by atoms with Crippen LogP contribution in [0.3, 0.4) is 0 Å². The van der Waals surface area contributed by atoms with E-state index >= 15 is 0 Å². The molecule has 110 valence electrons. The van der Waals surface area contributed by atoms with Gasteiger partial charge in [0.05, 0.1) is 10.2 Å². The molecule has 4 aromatic rings. The van der Waals surface area contributed by atoms with Crippen molar-refractivity contribution in [2.75, 3.05) is 0 Å². The third kappa shape index (κ3) is 2.20. The third-order valence-electron chi connectivity index (χ3n) is 3.91. The first-order chi connectivity index (χ1) is 10.9. The number of rotatable bonds is 4. The van der Waals surface area contributed by atoms with Crippen LogP contribution >= 0.6 is 11.3 Å². The van der Waals surface area contributed by atoms with Crippen molar-refractivity contribution in [1.82, 2.24) is 14.5 Å². The number of hydrogen-bond acceptors (Lipinski definition) is 3. The maximum absolute atomic E-state index is 4.80. The standard InChI is InChI=1S/C18H17N3S/c1-2-3-11-21-12-14(13-7-6-10-19-17(13)21)18-20-15-8-4-5-9-16(15)22-18/h4-10,12H,2-3,11H2,1H3. The molecule has 0 radical (unpaired) electrons. The van der Waals surface area contributed by atoms with Gasteiger partial charge in [0.2, 0.25) is 0 Å². The topological polar surface area (TPSA) is 30.7 Å². The zero-order valence-electron chi connectivity index (χ0n) is 12.5. The maximum atomic E-state index is 4.80. The van der Waals surface area contributed by atoms with Gasteiger partial charge in [0.25, 0.3) is 0 Å². The number of pyridine rings is 1. The summed E-state index contributed by atoms with van der Waals surface area (Å²) in [5.41, 5.74) is 3.33. The fourth-order valence-electron chi connectivity index (χ4n) is 2.78. The van der Waals surface area contributed by atoms with E-state index in [1.165, 1.54) is 28.5 Å². The molecule has 0 N–H and O–H groups in total. The number of para-hydroxylation sites is 1. The van der Waals surface area contributed by atoms with Crippen LogP contribution in [0.15, 0.2) is 48.8 Å². The third-order valence-corrected chi connectivity index (χ3v) is 4.98. The Kier molecular flexibility index (Phi) is 3.39. The number of fused-ring (bicyclic) bond motifs is 2. The van der Waals surface area contributed by atoms with Crippen molar-refractivity contribution in [2.45, 2.75) is 26.3 Å². The number of hydrogen-bond donors (Lipinski definition) is 0. The van der Waals surface area contributed by atoms with Gasteiger partial charge in [-0.05, 0) is 30.7 Å². The van der Waals surface area contributed by atoms with Gasteiger partial charge in [-0.15, -0.1) is 11.3 Å². The minimum absolute atomic E-state index is 1.01. The Morgan fingerprint density at radius 2 is 2.05 bits per heavy atom. The van der Waals surface area contributed by atoms with E-state index in [1.54, 1.807) is 11.3 Å². The normalized spacial score (nSPS) is 11.5. The zero-order chi connectivity index (χ0) is 14.9. The summed E-state index contributed by atoms with van der Waals surface area (Å²) in [7, 11) is 0. The molecule has 4 heteroatoms. The molecular formula is C18H17N3S. The van der Waals surface area contributed by atoms with Crippen LogP contribution in [0, 0.1) is 0 Å². The van der Waals surface area contributed by atoms with E-state index in [0.29, 0.717) is 0 Å². The highest BCUT2D eigenvalue weighted by molar-refractivity contribution is 7.21. The lowest BCUT2D eigenvalue weighted by Crippen LogP contribution is -1.96. The minimum Gasteiger partial charge on any atom is -0.332 e. The van der Waals surface area contributed by atoms with E-state index < -0.39 is 0 Å². The Labute approximate surface area is 133 Å². The molecule has 0 saturated heterocycles. The Morgan fingerprint density at radius 1 is 1.14 bits per heavy atom. The predicted molar refractivity (Wildman–Crippen MR) is 93.3 cm³/mol. The van der Waals surface area contributed by atoms with Crippen LogP contribution in [0.4, 0.5) is 0 Å². The molecule has 3 heterocycles. The Hall–Kier alpha value is -2.20. The lowest BCUT2D eigenvalue weighted by Gasteiger charge is -2.01. The number of aryl methyl sites for hydroxylation is 1. The Morgan fingerprint density at radius 3 is 2.91 bits per heavy atom. The van der Waals surface area contributed by atoms with Gasteiger partial charge in [-0.2, -0.15) is 0 Å². The van der Waals surface area contributed by atoms with E-state index in [0.717, 1.165) is 22.7 Å². The molecule has 0 bridgehead atoms. The maximum Gasteiger partial charge on any atom is 0.140 e. The summed E-state index contributed by atoms with van der Waals surface area (Å²) in [6.45, 7) is 3.22. The molecule has 3 aromatic heterocycles. The second-order valence-corrected chi connectivity index (χ2v) is 6.48. The second kappa shape index (κ2) is 5.54. The highest BCUT2D eigenvalue weighted by Crippen LogP contribution is 2.35. The number of thiazole rings is 1. The van der Waals surface area contributed by atoms with E-state index in [4.69, 9.17) is 4.98 Å². The average molecular weight is 307 g/mol. The SMILES string of the molecule is CCCCn1cc(-c2nc3ccccc3s2)c2cccnc21. The van der Waals surface area contributed by atoms with E-state index in [2.05, 4.69) is 46.9 Å². The molecule has 0 unspecified atom stereocenters. The molecule has 0 aliphatic carbocycles. The first kappa shape index (κ1) is 13.5. The van der Waals surface area contributed by atoms with Gasteiger partial charge in [0, 0.05) is 29.9 Å². The largest absolute Gasteiger partial charge is 0.332 e. The Balaban J connectivity index is 1.90. The monoisotopic (exact) mass is 307 g/mol. The second-order valence-electron chi connectivity index (χ2n) is 5.45. The van der Waals surface area contributed by atoms with Crippen molar-refractivity contribution >= 4 is 32.6 Å². The molecule has 0 saturated carbocycles. The molecule has 0 aliphatic rings. The van der Waals surface area contributed by atoms with Crippen molar-refractivity contribution in [1.29, 1.82) is 0 Å². The van der Waals surface area contributed by atoms with Crippen molar-refractivity contribution < 1.29 is 0 Å². The summed E-state index contributed by atoms with van der Waals surface area (Å²) in [4.78, 5) is 9.38.